The van der Waals surface area contributed by atoms with Crippen LogP contribution in [-0.4, -0.2) is 38.5 Å². The van der Waals surface area contributed by atoms with Crippen LogP contribution in [0.25, 0.3) is 0 Å². The smallest absolute Gasteiger partial charge is 0.250 e. The standard InChI is InChI=1S/C14H26O4Si/c1-13(2,3)19(4,5)18-12-6-7-14(10-11(12)15)16-8-9-17-14/h6,11,15H,7-10H2,1-5H3. The normalized spacial score (nSPS) is 27.5. The van der Waals surface area contributed by atoms with Crippen molar-refractivity contribution in [1.82, 2.24) is 0 Å². The van der Waals surface area contributed by atoms with Crippen molar-refractivity contribution < 1.29 is 19.0 Å². The first-order valence-corrected chi connectivity index (χ1v) is 9.91. The van der Waals surface area contributed by atoms with Crippen molar-refractivity contribution in [2.75, 3.05) is 13.2 Å². The third-order valence-corrected chi connectivity index (χ3v) is 8.80. The predicted octanol–water partition coefficient (Wildman–Crippen LogP) is 2.79. The molecule has 1 atom stereocenters. The van der Waals surface area contributed by atoms with Crippen LogP contribution in [0.5, 0.6) is 0 Å². The maximum Gasteiger partial charge on any atom is 0.250 e. The summed E-state index contributed by atoms with van der Waals surface area (Å²) in [5.41, 5.74) is 0. The molecular formula is C14H26O4Si. The van der Waals surface area contributed by atoms with Crippen molar-refractivity contribution >= 4 is 8.32 Å². The lowest BCUT2D eigenvalue weighted by Crippen LogP contribution is -2.45. The molecule has 1 N–H and O–H groups in total. The number of hydrogen-bond acceptors (Lipinski definition) is 4. The Morgan fingerprint density at radius 2 is 1.89 bits per heavy atom. The highest BCUT2D eigenvalue weighted by molar-refractivity contribution is 6.74. The highest BCUT2D eigenvalue weighted by atomic mass is 28.4. The van der Waals surface area contributed by atoms with Crippen molar-refractivity contribution in [3.05, 3.63) is 11.8 Å². The number of ether oxygens (including phenoxy) is 2. The molecular weight excluding hydrogens is 260 g/mol. The molecule has 0 radical (unpaired) electrons. The van der Waals surface area contributed by atoms with Gasteiger partial charge in [0, 0.05) is 12.8 Å². The van der Waals surface area contributed by atoms with E-state index in [4.69, 9.17) is 13.9 Å². The zero-order chi connectivity index (χ0) is 14.3. The minimum absolute atomic E-state index is 0.128. The van der Waals surface area contributed by atoms with E-state index in [-0.39, 0.29) is 5.04 Å². The van der Waals surface area contributed by atoms with Gasteiger partial charge >= 0.3 is 0 Å². The van der Waals surface area contributed by atoms with Gasteiger partial charge in [-0.05, 0) is 24.2 Å². The molecule has 0 bridgehead atoms. The van der Waals surface area contributed by atoms with Gasteiger partial charge in [0.1, 0.15) is 11.9 Å². The van der Waals surface area contributed by atoms with E-state index in [0.29, 0.717) is 31.8 Å². The van der Waals surface area contributed by atoms with Crippen LogP contribution >= 0.6 is 0 Å². The van der Waals surface area contributed by atoms with E-state index in [1.165, 1.54) is 0 Å². The van der Waals surface area contributed by atoms with Crippen LogP contribution in [0.4, 0.5) is 0 Å². The zero-order valence-electron chi connectivity index (χ0n) is 12.7. The Hall–Kier alpha value is -0.363. The molecule has 0 saturated carbocycles. The maximum atomic E-state index is 10.3. The highest BCUT2D eigenvalue weighted by Crippen LogP contribution is 2.41. The molecule has 1 spiro atoms. The first-order valence-electron chi connectivity index (χ1n) is 7.00. The van der Waals surface area contributed by atoms with Crippen molar-refractivity contribution in [1.29, 1.82) is 0 Å². The molecule has 1 aliphatic heterocycles. The van der Waals surface area contributed by atoms with Gasteiger partial charge in [-0.2, -0.15) is 0 Å². The minimum atomic E-state index is -1.90. The van der Waals surface area contributed by atoms with Crippen LogP contribution in [0.1, 0.15) is 33.6 Å². The van der Waals surface area contributed by atoms with Crippen molar-refractivity contribution in [3.8, 4) is 0 Å². The third-order valence-electron chi connectivity index (χ3n) is 4.44. The van der Waals surface area contributed by atoms with Gasteiger partial charge in [-0.25, -0.2) is 0 Å². The fraction of sp³-hybridized carbons (Fsp3) is 0.857. The molecule has 2 aliphatic rings. The summed E-state index contributed by atoms with van der Waals surface area (Å²) in [5.74, 6) is 0.0935. The Labute approximate surface area is 116 Å². The predicted molar refractivity (Wildman–Crippen MR) is 76.2 cm³/mol. The highest BCUT2D eigenvalue weighted by Gasteiger charge is 2.45. The van der Waals surface area contributed by atoms with Crippen LogP contribution in [0.2, 0.25) is 18.1 Å². The Balaban J connectivity index is 2.08. The second kappa shape index (κ2) is 4.88. The van der Waals surface area contributed by atoms with Gasteiger partial charge in [-0.15, -0.1) is 0 Å². The van der Waals surface area contributed by atoms with E-state index in [2.05, 4.69) is 33.9 Å². The second-order valence-corrected chi connectivity index (χ2v) is 11.7. The summed E-state index contributed by atoms with van der Waals surface area (Å²) in [6.45, 7) is 12.2. The Bertz CT molecular complexity index is 364. The van der Waals surface area contributed by atoms with Crippen LogP contribution in [-0.2, 0) is 13.9 Å². The molecule has 1 heterocycles. The van der Waals surface area contributed by atoms with Crippen LogP contribution < -0.4 is 0 Å². The lowest BCUT2D eigenvalue weighted by molar-refractivity contribution is -0.178. The Kier molecular flexibility index (Phi) is 3.86. The van der Waals surface area contributed by atoms with Gasteiger partial charge in [-0.1, -0.05) is 20.8 Å². The van der Waals surface area contributed by atoms with E-state index < -0.39 is 20.2 Å². The molecule has 19 heavy (non-hydrogen) atoms. The van der Waals surface area contributed by atoms with Gasteiger partial charge in [0.05, 0.1) is 13.2 Å². The third kappa shape index (κ3) is 3.04. The molecule has 110 valence electrons. The largest absolute Gasteiger partial charge is 0.545 e. The molecule has 0 aromatic rings. The van der Waals surface area contributed by atoms with E-state index in [1.807, 2.05) is 6.08 Å². The summed E-state index contributed by atoms with van der Waals surface area (Å²) in [6.07, 6.45) is 2.45. The fourth-order valence-electron chi connectivity index (χ4n) is 2.16. The van der Waals surface area contributed by atoms with Gasteiger partial charge in [0.15, 0.2) is 5.79 Å². The molecule has 1 saturated heterocycles. The molecule has 1 fully saturated rings. The average molecular weight is 286 g/mol. The molecule has 1 aliphatic carbocycles. The molecule has 4 nitrogen and oxygen atoms in total. The molecule has 0 amide bonds. The first kappa shape index (κ1) is 15.0. The summed E-state index contributed by atoms with van der Waals surface area (Å²) >= 11 is 0. The SMILES string of the molecule is CC(C)(C)[Si](C)(C)OC1=CCC2(CC1O)OCCO2. The van der Waals surface area contributed by atoms with Crippen molar-refractivity contribution in [2.45, 2.75) is 63.6 Å². The number of rotatable bonds is 2. The summed E-state index contributed by atoms with van der Waals surface area (Å²) in [5, 5.41) is 10.4. The monoisotopic (exact) mass is 286 g/mol. The van der Waals surface area contributed by atoms with Crippen molar-refractivity contribution in [3.63, 3.8) is 0 Å². The molecule has 0 aromatic carbocycles. The number of hydrogen-bond donors (Lipinski definition) is 1. The topological polar surface area (TPSA) is 47.9 Å². The van der Waals surface area contributed by atoms with Gasteiger partial charge in [0.2, 0.25) is 8.32 Å². The number of aliphatic hydroxyl groups excluding tert-OH is 1. The van der Waals surface area contributed by atoms with E-state index in [9.17, 15) is 5.11 Å². The lowest BCUT2D eigenvalue weighted by atomic mass is 9.97. The number of aliphatic hydroxyl groups is 1. The summed E-state index contributed by atoms with van der Waals surface area (Å²) in [7, 11) is -1.90. The zero-order valence-corrected chi connectivity index (χ0v) is 13.7. The fourth-order valence-corrected chi connectivity index (χ4v) is 3.28. The van der Waals surface area contributed by atoms with E-state index in [1.54, 1.807) is 0 Å². The van der Waals surface area contributed by atoms with Crippen molar-refractivity contribution in [2.24, 2.45) is 0 Å². The summed E-state index contributed by atoms with van der Waals surface area (Å²) in [4.78, 5) is 0. The maximum absolute atomic E-state index is 10.3. The van der Waals surface area contributed by atoms with Crippen LogP contribution in [0, 0.1) is 0 Å². The Morgan fingerprint density at radius 1 is 1.32 bits per heavy atom. The minimum Gasteiger partial charge on any atom is -0.545 e. The quantitative estimate of drug-likeness (QED) is 0.793. The van der Waals surface area contributed by atoms with E-state index in [0.717, 1.165) is 0 Å². The van der Waals surface area contributed by atoms with Gasteiger partial charge < -0.3 is 19.0 Å². The van der Waals surface area contributed by atoms with Crippen LogP contribution in [0.3, 0.4) is 0 Å². The first-order chi connectivity index (χ1) is 8.65. The average Bonchev–Trinajstić information content (AvgIpc) is 2.69. The molecule has 2 rings (SSSR count). The van der Waals surface area contributed by atoms with Crippen LogP contribution in [0.15, 0.2) is 11.8 Å². The molecule has 1 unspecified atom stereocenters. The molecule has 5 heteroatoms. The lowest BCUT2D eigenvalue weighted by Gasteiger charge is -2.41. The molecule has 0 aromatic heterocycles. The van der Waals surface area contributed by atoms with Gasteiger partial charge in [-0.3, -0.25) is 0 Å². The summed E-state index contributed by atoms with van der Waals surface area (Å²) < 4.78 is 17.5. The Morgan fingerprint density at radius 3 is 2.37 bits per heavy atom. The summed E-state index contributed by atoms with van der Waals surface area (Å²) in [6, 6.07) is 0. The van der Waals surface area contributed by atoms with Gasteiger partial charge in [0.25, 0.3) is 0 Å². The second-order valence-electron chi connectivity index (χ2n) is 7.00. The van der Waals surface area contributed by atoms with E-state index >= 15 is 0 Å².